The first-order chi connectivity index (χ1) is 29.4. The van der Waals surface area contributed by atoms with Crippen LogP contribution in [0.1, 0.15) is 49.3 Å². The van der Waals surface area contributed by atoms with E-state index in [9.17, 15) is 19.5 Å². The summed E-state index contributed by atoms with van der Waals surface area (Å²) >= 11 is 0. The molecule has 3 amide bonds. The second-order valence-corrected chi connectivity index (χ2v) is 21.4. The smallest absolute Gasteiger partial charge is 0.305 e. The summed E-state index contributed by atoms with van der Waals surface area (Å²) in [5.74, 6) is -0.603. The van der Waals surface area contributed by atoms with Gasteiger partial charge in [-0.05, 0) is 65.9 Å². The Morgan fingerprint density at radius 3 is 2.43 bits per heavy atom. The van der Waals surface area contributed by atoms with Gasteiger partial charge in [-0.25, -0.2) is 0 Å². The average Bonchev–Trinajstić information content (AvgIpc) is 3.88. The van der Waals surface area contributed by atoms with Crippen LogP contribution in [0.4, 0.5) is 11.4 Å². The Kier molecular flexibility index (Phi) is 13.1. The fourth-order valence-electron chi connectivity index (χ4n) is 9.63. The molecule has 2 aliphatic heterocycles. The number of aromatic nitrogens is 1. The number of rotatable bonds is 17. The first kappa shape index (κ1) is 43.3. The molecule has 1 spiro atoms. The monoisotopic (exact) mass is 844 g/mol. The van der Waals surface area contributed by atoms with Crippen molar-refractivity contribution in [3.63, 3.8) is 0 Å². The number of nitrogens with zero attached hydrogens (tertiary/aromatic N) is 2. The number of para-hydroxylation sites is 1. The van der Waals surface area contributed by atoms with Gasteiger partial charge in [0.15, 0.2) is 5.60 Å². The zero-order valence-corrected chi connectivity index (χ0v) is 36.6. The van der Waals surface area contributed by atoms with Crippen LogP contribution in [0.25, 0.3) is 10.9 Å². The van der Waals surface area contributed by atoms with Crippen LogP contribution >= 0.6 is 0 Å². The van der Waals surface area contributed by atoms with Crippen molar-refractivity contribution in [1.29, 1.82) is 0 Å². The van der Waals surface area contributed by atoms with Gasteiger partial charge in [0.2, 0.25) is 11.8 Å². The largest absolute Gasteiger partial charge is 0.497 e. The fraction of sp³-hybridized carbons (Fsp3) is 0.375. The zero-order chi connectivity index (χ0) is 43.3. The van der Waals surface area contributed by atoms with Crippen molar-refractivity contribution < 1.29 is 38.5 Å². The molecule has 2 aliphatic rings. The summed E-state index contributed by atoms with van der Waals surface area (Å²) < 4.78 is 17.6. The van der Waals surface area contributed by atoms with Crippen LogP contribution < -0.4 is 20.1 Å². The van der Waals surface area contributed by atoms with Gasteiger partial charge >= 0.3 is 5.97 Å². The van der Waals surface area contributed by atoms with E-state index in [-0.39, 0.29) is 61.6 Å². The van der Waals surface area contributed by atoms with E-state index < -0.39 is 25.7 Å². The van der Waals surface area contributed by atoms with Gasteiger partial charge in [-0.2, -0.15) is 0 Å². The molecule has 3 N–H and O–H groups in total. The highest BCUT2D eigenvalue weighted by atomic mass is 28.3. The van der Waals surface area contributed by atoms with E-state index in [4.69, 9.17) is 14.2 Å². The maximum absolute atomic E-state index is 15.3. The number of amides is 3. The second kappa shape index (κ2) is 18.5. The molecule has 5 aromatic rings. The Labute approximate surface area is 358 Å². The van der Waals surface area contributed by atoms with Crippen molar-refractivity contribution in [2.45, 2.75) is 75.9 Å². The lowest BCUT2D eigenvalue weighted by atomic mass is 9.82. The third-order valence-electron chi connectivity index (χ3n) is 12.7. The highest BCUT2D eigenvalue weighted by molar-refractivity contribution is 6.91. The molecule has 12 nitrogen and oxygen atoms in total. The van der Waals surface area contributed by atoms with Crippen LogP contribution in [0.15, 0.2) is 103 Å². The number of aliphatic hydroxyl groups excluding tert-OH is 1. The maximum Gasteiger partial charge on any atom is 0.305 e. The summed E-state index contributed by atoms with van der Waals surface area (Å²) in [7, 11) is 0.382. The molecular weight excluding hydrogens is 789 g/mol. The van der Waals surface area contributed by atoms with E-state index in [1.54, 1.807) is 16.9 Å². The standard InChI is InChI=1S/C48H56N4O8Si/c1-32-46(61(4,5)37-21-19-36(58-2)20-22-37)42(29-44(55)51(25-26-53)31-33-13-7-6-8-14-33)60-48(32)39-28-35(50-43(54)27-34-30-49-40-16-10-9-15-38(34)40)18-23-41(39)52(47(48)57)24-12-11-17-45(56)59-3/h6-10,13-16,18-23,28,30,32,42,46,49,53H,11-12,17,24-27,29,31H2,1-5H3,(H,50,54)/t32-,42+,46-,48+/m0/s1. The molecule has 0 unspecified atom stereocenters. The molecule has 0 radical (unpaired) electrons. The fourth-order valence-corrected chi connectivity index (χ4v) is 13.6. The summed E-state index contributed by atoms with van der Waals surface area (Å²) in [6.07, 6.45) is 2.62. The number of anilines is 2. The second-order valence-electron chi connectivity index (χ2n) is 16.7. The van der Waals surface area contributed by atoms with Gasteiger partial charge in [0.05, 0.1) is 53.5 Å². The quantitative estimate of drug-likeness (QED) is 0.0534. The van der Waals surface area contributed by atoms with Crippen molar-refractivity contribution >= 4 is 59.2 Å². The van der Waals surface area contributed by atoms with Crippen molar-refractivity contribution in [3.05, 3.63) is 120 Å². The predicted molar refractivity (Wildman–Crippen MR) is 238 cm³/mol. The van der Waals surface area contributed by atoms with Gasteiger partial charge < -0.3 is 39.4 Å². The van der Waals surface area contributed by atoms with Crippen LogP contribution in [0.5, 0.6) is 5.75 Å². The SMILES string of the molecule is COC(=O)CCCCN1C(=O)[C@]2(O[C@H](CC(=O)N(CCO)Cc3ccccc3)[C@@H]([Si](C)(C)c3ccc(OC)cc3)[C@@H]2C)c2cc(NC(=O)Cc3c[nH]c4ccccc34)ccc21. The number of esters is 1. The number of H-pyrrole nitrogens is 1. The molecule has 4 atom stereocenters. The predicted octanol–water partition coefficient (Wildman–Crippen LogP) is 6.67. The van der Waals surface area contributed by atoms with E-state index in [0.29, 0.717) is 42.9 Å². The molecule has 61 heavy (non-hydrogen) atoms. The lowest BCUT2D eigenvalue weighted by Gasteiger charge is -2.37. The summed E-state index contributed by atoms with van der Waals surface area (Å²) in [6, 6.07) is 31.1. The molecule has 320 valence electrons. The molecule has 1 aromatic heterocycles. The van der Waals surface area contributed by atoms with Crippen LogP contribution in [0.2, 0.25) is 18.6 Å². The minimum atomic E-state index is -2.61. The lowest BCUT2D eigenvalue weighted by Crippen LogP contribution is -2.52. The van der Waals surface area contributed by atoms with Gasteiger partial charge in [-0.3, -0.25) is 19.2 Å². The van der Waals surface area contributed by atoms with Crippen LogP contribution in [-0.2, 0) is 47.2 Å². The topological polar surface area (TPSA) is 150 Å². The number of aromatic amines is 1. The van der Waals surface area contributed by atoms with E-state index >= 15 is 4.79 Å². The van der Waals surface area contributed by atoms with Crippen LogP contribution in [0, 0.1) is 5.92 Å². The van der Waals surface area contributed by atoms with Gasteiger partial charge in [0, 0.05) is 60.3 Å². The van der Waals surface area contributed by atoms with Gasteiger partial charge in [0.25, 0.3) is 5.91 Å². The molecule has 0 saturated carbocycles. The normalized spacial score (nSPS) is 19.6. The highest BCUT2D eigenvalue weighted by Crippen LogP contribution is 2.60. The van der Waals surface area contributed by atoms with Crippen molar-refractivity contribution in [2.75, 3.05) is 44.1 Å². The lowest BCUT2D eigenvalue weighted by molar-refractivity contribution is -0.149. The molecule has 0 bridgehead atoms. The van der Waals surface area contributed by atoms with Gasteiger partial charge in [-0.15, -0.1) is 0 Å². The number of unbranched alkanes of at least 4 members (excludes halogenated alkanes) is 1. The number of carbonyl (C=O) groups is 4. The number of ether oxygens (including phenoxy) is 3. The Bertz CT molecular complexity index is 2370. The number of hydrogen-bond acceptors (Lipinski definition) is 8. The van der Waals surface area contributed by atoms with Crippen molar-refractivity contribution in [1.82, 2.24) is 9.88 Å². The zero-order valence-electron chi connectivity index (χ0n) is 35.6. The molecule has 1 fully saturated rings. The van der Waals surface area contributed by atoms with E-state index in [1.807, 2.05) is 91.1 Å². The van der Waals surface area contributed by atoms with Crippen LogP contribution in [0.3, 0.4) is 0 Å². The first-order valence-corrected chi connectivity index (χ1v) is 24.1. The van der Waals surface area contributed by atoms with Gasteiger partial charge in [0.1, 0.15) is 5.75 Å². The van der Waals surface area contributed by atoms with E-state index in [2.05, 4.69) is 42.5 Å². The Morgan fingerprint density at radius 2 is 1.70 bits per heavy atom. The van der Waals surface area contributed by atoms with E-state index in [1.165, 1.54) is 7.11 Å². The molecule has 13 heteroatoms. The summed E-state index contributed by atoms with van der Waals surface area (Å²) in [4.78, 5) is 62.1. The average molecular weight is 845 g/mol. The number of carbonyl (C=O) groups excluding carboxylic acids is 4. The minimum absolute atomic E-state index is 0.00103. The molecule has 3 heterocycles. The Balaban J connectivity index is 1.27. The highest BCUT2D eigenvalue weighted by Gasteiger charge is 2.66. The van der Waals surface area contributed by atoms with Crippen LogP contribution in [-0.4, -0.2) is 86.8 Å². The first-order valence-electron chi connectivity index (χ1n) is 21.0. The van der Waals surface area contributed by atoms with E-state index in [0.717, 1.165) is 33.0 Å². The third-order valence-corrected chi connectivity index (χ3v) is 17.1. The summed E-state index contributed by atoms with van der Waals surface area (Å²) in [5, 5.41) is 15.3. The molecule has 0 aliphatic carbocycles. The molecule has 4 aromatic carbocycles. The minimum Gasteiger partial charge on any atom is -0.497 e. The van der Waals surface area contributed by atoms with Crippen molar-refractivity contribution in [2.24, 2.45) is 5.92 Å². The maximum atomic E-state index is 15.3. The van der Waals surface area contributed by atoms with Gasteiger partial charge in [-0.1, -0.05) is 85.9 Å². The summed E-state index contributed by atoms with van der Waals surface area (Å²) in [6.45, 7) is 7.18. The van der Waals surface area contributed by atoms with Crippen molar-refractivity contribution in [3.8, 4) is 5.75 Å². The third kappa shape index (κ3) is 8.73. The number of hydrogen-bond donors (Lipinski definition) is 3. The number of aliphatic hydroxyl groups is 1. The summed E-state index contributed by atoms with van der Waals surface area (Å²) in [5.41, 5.74) is 2.88. The molecular formula is C48H56N4O8Si. The Morgan fingerprint density at radius 1 is 0.967 bits per heavy atom. The number of nitrogens with one attached hydrogen (secondary N) is 2. The number of benzene rings is 4. The molecule has 1 saturated heterocycles. The molecule has 7 rings (SSSR count). The Hall–Kier alpha value is -5.76. The number of fused-ring (bicyclic) bond motifs is 3. The number of methoxy groups -OCH3 is 2.